The second-order valence-corrected chi connectivity index (χ2v) is 4.94. The number of thiazole rings is 1. The van der Waals surface area contributed by atoms with E-state index in [0.717, 1.165) is 23.5 Å². The van der Waals surface area contributed by atoms with Crippen LogP contribution in [-0.4, -0.2) is 16.1 Å². The van der Waals surface area contributed by atoms with E-state index in [4.69, 9.17) is 5.11 Å². The van der Waals surface area contributed by atoms with Crippen LogP contribution in [0, 0.1) is 6.92 Å². The van der Waals surface area contributed by atoms with E-state index >= 15 is 0 Å². The summed E-state index contributed by atoms with van der Waals surface area (Å²) in [4.78, 5) is 15.0. The van der Waals surface area contributed by atoms with Crippen molar-refractivity contribution >= 4 is 28.1 Å². The van der Waals surface area contributed by atoms with Crippen LogP contribution >= 0.6 is 11.3 Å². The Morgan fingerprint density at radius 2 is 1.90 bits per heavy atom. The minimum atomic E-state index is -4.38. The lowest BCUT2D eigenvalue weighted by Gasteiger charge is -2.07. The lowest BCUT2D eigenvalue weighted by atomic mass is 10.2. The van der Waals surface area contributed by atoms with Crippen molar-refractivity contribution in [1.82, 2.24) is 4.98 Å². The van der Waals surface area contributed by atoms with Crippen molar-refractivity contribution < 1.29 is 23.1 Å². The fourth-order valence-electron chi connectivity index (χ4n) is 1.51. The standard InChI is InChI=1S/C12H9F3N2O2S/c1-6-9(10(18)19)20-11(16-6)17-8-4-2-7(3-5-8)12(13,14)15/h2-5H,1H3,(H,16,17)(H,18,19). The maximum atomic E-state index is 12.4. The van der Waals surface area contributed by atoms with E-state index in [1.165, 1.54) is 12.1 Å². The molecule has 2 rings (SSSR count). The first-order chi connectivity index (χ1) is 9.27. The third kappa shape index (κ3) is 3.08. The minimum absolute atomic E-state index is 0.0967. The molecule has 0 unspecified atom stereocenters. The van der Waals surface area contributed by atoms with Gasteiger partial charge in [0, 0.05) is 5.69 Å². The quantitative estimate of drug-likeness (QED) is 0.902. The molecule has 4 nitrogen and oxygen atoms in total. The van der Waals surface area contributed by atoms with Crippen LogP contribution in [0.1, 0.15) is 20.9 Å². The van der Waals surface area contributed by atoms with E-state index in [-0.39, 0.29) is 4.88 Å². The molecule has 0 fully saturated rings. The van der Waals surface area contributed by atoms with Gasteiger partial charge < -0.3 is 10.4 Å². The second kappa shape index (κ2) is 5.12. The number of benzene rings is 1. The Morgan fingerprint density at radius 3 is 2.35 bits per heavy atom. The maximum absolute atomic E-state index is 12.4. The van der Waals surface area contributed by atoms with Crippen molar-refractivity contribution in [2.24, 2.45) is 0 Å². The van der Waals surface area contributed by atoms with Crippen LogP contribution in [0.2, 0.25) is 0 Å². The summed E-state index contributed by atoms with van der Waals surface area (Å²) in [6.45, 7) is 1.55. The number of hydrogen-bond acceptors (Lipinski definition) is 4. The molecular weight excluding hydrogens is 293 g/mol. The number of carbonyl (C=O) groups is 1. The number of alkyl halides is 3. The summed E-state index contributed by atoms with van der Waals surface area (Å²) in [5.41, 5.74) is 0.0187. The summed E-state index contributed by atoms with van der Waals surface area (Å²) in [6, 6.07) is 4.42. The van der Waals surface area contributed by atoms with Gasteiger partial charge in [-0.05, 0) is 31.2 Å². The number of nitrogens with one attached hydrogen (secondary N) is 1. The van der Waals surface area contributed by atoms with E-state index in [1.807, 2.05) is 0 Å². The monoisotopic (exact) mass is 302 g/mol. The largest absolute Gasteiger partial charge is 0.477 e. The van der Waals surface area contributed by atoms with Gasteiger partial charge in [-0.1, -0.05) is 11.3 Å². The van der Waals surface area contributed by atoms with Gasteiger partial charge in [0.25, 0.3) is 0 Å². The highest BCUT2D eigenvalue weighted by atomic mass is 32.1. The van der Waals surface area contributed by atoms with Gasteiger partial charge in [-0.2, -0.15) is 13.2 Å². The number of anilines is 2. The second-order valence-electron chi connectivity index (χ2n) is 3.94. The number of aromatic nitrogens is 1. The molecular formula is C12H9F3N2O2S. The highest BCUT2D eigenvalue weighted by Crippen LogP contribution is 2.31. The van der Waals surface area contributed by atoms with E-state index in [0.29, 0.717) is 16.5 Å². The molecule has 1 heterocycles. The molecule has 0 aliphatic carbocycles. The average molecular weight is 302 g/mol. The minimum Gasteiger partial charge on any atom is -0.477 e. The van der Waals surface area contributed by atoms with Crippen LogP contribution in [0.5, 0.6) is 0 Å². The predicted octanol–water partition coefficient (Wildman–Crippen LogP) is 3.91. The summed E-state index contributed by atoms with van der Waals surface area (Å²) in [5, 5.41) is 12.0. The fraction of sp³-hybridized carbons (Fsp3) is 0.167. The van der Waals surface area contributed by atoms with Gasteiger partial charge in [-0.3, -0.25) is 0 Å². The van der Waals surface area contributed by atoms with E-state index < -0.39 is 17.7 Å². The number of nitrogens with zero attached hydrogens (tertiary/aromatic N) is 1. The number of rotatable bonds is 3. The van der Waals surface area contributed by atoms with Gasteiger partial charge in [0.2, 0.25) is 0 Å². The molecule has 2 N–H and O–H groups in total. The van der Waals surface area contributed by atoms with Gasteiger partial charge in [-0.15, -0.1) is 0 Å². The number of carboxylic acids is 1. The van der Waals surface area contributed by atoms with Crippen LogP contribution < -0.4 is 5.32 Å². The molecule has 0 amide bonds. The zero-order valence-corrected chi connectivity index (χ0v) is 11.0. The molecule has 106 valence electrons. The summed E-state index contributed by atoms with van der Waals surface area (Å²) in [5.74, 6) is -1.08. The summed E-state index contributed by atoms with van der Waals surface area (Å²) in [7, 11) is 0. The number of hydrogen-bond donors (Lipinski definition) is 2. The van der Waals surface area contributed by atoms with E-state index in [9.17, 15) is 18.0 Å². The van der Waals surface area contributed by atoms with Gasteiger partial charge >= 0.3 is 12.1 Å². The molecule has 0 radical (unpaired) electrons. The Morgan fingerprint density at radius 1 is 1.30 bits per heavy atom. The molecule has 1 aromatic heterocycles. The Bertz CT molecular complexity index is 635. The topological polar surface area (TPSA) is 62.2 Å². The van der Waals surface area contributed by atoms with E-state index in [2.05, 4.69) is 10.3 Å². The van der Waals surface area contributed by atoms with Gasteiger partial charge in [-0.25, -0.2) is 9.78 Å². The highest BCUT2D eigenvalue weighted by Gasteiger charge is 2.29. The first-order valence-corrected chi connectivity index (χ1v) is 6.24. The summed E-state index contributed by atoms with van der Waals surface area (Å²) >= 11 is 0.928. The molecule has 0 spiro atoms. The van der Waals surface area contributed by atoms with Crippen LogP contribution in [0.4, 0.5) is 24.0 Å². The third-order valence-electron chi connectivity index (χ3n) is 2.45. The molecule has 0 bridgehead atoms. The van der Waals surface area contributed by atoms with Crippen LogP contribution in [0.25, 0.3) is 0 Å². The zero-order valence-electron chi connectivity index (χ0n) is 10.2. The highest BCUT2D eigenvalue weighted by molar-refractivity contribution is 7.17. The van der Waals surface area contributed by atoms with Crippen LogP contribution in [0.3, 0.4) is 0 Å². The molecule has 0 saturated carbocycles. The number of aromatic carboxylic acids is 1. The molecule has 0 aliphatic rings. The van der Waals surface area contributed by atoms with Gasteiger partial charge in [0.1, 0.15) is 4.88 Å². The van der Waals surface area contributed by atoms with Crippen molar-refractivity contribution in [3.63, 3.8) is 0 Å². The van der Waals surface area contributed by atoms with Crippen LogP contribution in [-0.2, 0) is 6.18 Å². The zero-order chi connectivity index (χ0) is 14.9. The SMILES string of the molecule is Cc1nc(Nc2ccc(C(F)(F)F)cc2)sc1C(=O)O. The van der Waals surface area contributed by atoms with E-state index in [1.54, 1.807) is 6.92 Å². The first-order valence-electron chi connectivity index (χ1n) is 5.42. The average Bonchev–Trinajstić information content (AvgIpc) is 2.70. The Hall–Kier alpha value is -2.09. The Kier molecular flexibility index (Phi) is 3.67. The van der Waals surface area contributed by atoms with Crippen molar-refractivity contribution in [2.75, 3.05) is 5.32 Å². The third-order valence-corrected chi connectivity index (χ3v) is 3.52. The molecule has 8 heteroatoms. The lowest BCUT2D eigenvalue weighted by molar-refractivity contribution is -0.137. The van der Waals surface area contributed by atoms with Crippen molar-refractivity contribution in [2.45, 2.75) is 13.1 Å². The summed E-state index contributed by atoms with van der Waals surface area (Å²) in [6.07, 6.45) is -4.38. The molecule has 1 aromatic carbocycles. The van der Waals surface area contributed by atoms with Crippen molar-refractivity contribution in [3.05, 3.63) is 40.4 Å². The number of aryl methyl sites for hydroxylation is 1. The van der Waals surface area contributed by atoms with Gasteiger partial charge in [0.05, 0.1) is 11.3 Å². The molecule has 2 aromatic rings. The molecule has 0 aliphatic heterocycles. The molecule has 0 saturated heterocycles. The smallest absolute Gasteiger partial charge is 0.416 e. The molecule has 0 atom stereocenters. The number of halogens is 3. The Balaban J connectivity index is 2.18. The van der Waals surface area contributed by atoms with Crippen molar-refractivity contribution in [3.8, 4) is 0 Å². The number of carboxylic acid groups (broad SMARTS) is 1. The Labute approximate surface area is 115 Å². The van der Waals surface area contributed by atoms with Crippen molar-refractivity contribution in [1.29, 1.82) is 0 Å². The van der Waals surface area contributed by atoms with Gasteiger partial charge in [0.15, 0.2) is 5.13 Å². The first kappa shape index (κ1) is 14.3. The molecule has 20 heavy (non-hydrogen) atoms. The maximum Gasteiger partial charge on any atom is 0.416 e. The lowest BCUT2D eigenvalue weighted by Crippen LogP contribution is -2.04. The predicted molar refractivity (Wildman–Crippen MR) is 68.5 cm³/mol. The fourth-order valence-corrected chi connectivity index (χ4v) is 2.34. The normalized spacial score (nSPS) is 11.4. The van der Waals surface area contributed by atoms with Crippen LogP contribution in [0.15, 0.2) is 24.3 Å². The summed E-state index contributed by atoms with van der Waals surface area (Å²) < 4.78 is 37.2.